The van der Waals surface area contributed by atoms with Crippen molar-refractivity contribution >= 4 is 51.7 Å². The van der Waals surface area contributed by atoms with Crippen LogP contribution >= 0.6 is 11.8 Å². The summed E-state index contributed by atoms with van der Waals surface area (Å²) < 4.78 is 0. The fourth-order valence-electron chi connectivity index (χ4n) is 2.52. The van der Waals surface area contributed by atoms with E-state index >= 15 is 0 Å². The van der Waals surface area contributed by atoms with E-state index in [1.807, 2.05) is 0 Å². The number of amides is 1. The number of rotatable bonds is 4. The summed E-state index contributed by atoms with van der Waals surface area (Å²) in [6, 6.07) is 10.6. The zero-order valence-electron chi connectivity index (χ0n) is 14.6. The molecule has 1 heterocycles. The molecule has 8 nitrogen and oxygen atoms in total. The van der Waals surface area contributed by atoms with Crippen LogP contribution in [0.1, 0.15) is 33.2 Å². The lowest BCUT2D eigenvalue weighted by Crippen LogP contribution is -2.19. The molecule has 1 amide bonds. The number of carboxylic acid groups (broad SMARTS) is 2. The van der Waals surface area contributed by atoms with Crippen LogP contribution in [0, 0.1) is 0 Å². The lowest BCUT2D eigenvalue weighted by Gasteiger charge is -2.04. The van der Waals surface area contributed by atoms with Crippen LogP contribution in [-0.4, -0.2) is 33.2 Å². The molecule has 0 aliphatic carbocycles. The number of allylic oxidation sites excluding steroid dienone is 1. The molecular weight excluding hydrogens is 382 g/mol. The largest absolute Gasteiger partial charge is 0.478 e. The highest BCUT2D eigenvalue weighted by Crippen LogP contribution is 2.33. The van der Waals surface area contributed by atoms with Crippen LogP contribution in [0.25, 0.3) is 5.57 Å². The summed E-state index contributed by atoms with van der Waals surface area (Å²) in [4.78, 5) is 39.4. The lowest BCUT2D eigenvalue weighted by atomic mass is 10.1. The second kappa shape index (κ2) is 7.57. The number of carbonyl (C=O) groups is 3. The highest BCUT2D eigenvalue weighted by Gasteiger charge is 2.26. The van der Waals surface area contributed by atoms with Gasteiger partial charge in [0.05, 0.1) is 21.7 Å². The normalized spacial score (nSPS) is 16.8. The number of nitrogens with one attached hydrogen (secondary N) is 1. The standard InChI is InChI=1S/C19H15N3O5S/c1-9(10-2-4-13(20)5-3-10)15-16(23)22-19(28-15)21-14-7-11(17(24)25)6-12(8-14)18(26)27/h2-8H,20H2,1H3,(H,24,25)(H,26,27)(H,21,22,23)/b15-9-. The van der Waals surface area contributed by atoms with Crippen LogP contribution < -0.4 is 11.1 Å². The Bertz CT molecular complexity index is 1030. The molecule has 0 radical (unpaired) electrons. The molecule has 2 aromatic carbocycles. The summed E-state index contributed by atoms with van der Waals surface area (Å²) in [5.74, 6) is -2.88. The molecule has 9 heteroatoms. The summed E-state index contributed by atoms with van der Waals surface area (Å²) in [5, 5.41) is 21.1. The first-order valence-corrected chi connectivity index (χ1v) is 8.82. The van der Waals surface area contributed by atoms with Crippen LogP contribution in [0.5, 0.6) is 0 Å². The average Bonchev–Trinajstić information content (AvgIpc) is 3.01. The molecule has 0 saturated carbocycles. The Hall–Kier alpha value is -3.59. The van der Waals surface area contributed by atoms with Gasteiger partial charge in [-0.1, -0.05) is 12.1 Å². The summed E-state index contributed by atoms with van der Waals surface area (Å²) in [6.07, 6.45) is 0. The number of hydrogen-bond acceptors (Lipinski definition) is 6. The molecule has 1 fully saturated rings. The molecule has 28 heavy (non-hydrogen) atoms. The number of nitrogens with zero attached hydrogens (tertiary/aromatic N) is 1. The molecule has 3 rings (SSSR count). The van der Waals surface area contributed by atoms with E-state index in [4.69, 9.17) is 15.9 Å². The SMILES string of the molecule is C/C(=C1/SC(=Nc2cc(C(=O)O)cc(C(=O)O)c2)NC1=O)c1ccc(N)cc1. The number of thioether (sulfide) groups is 1. The van der Waals surface area contributed by atoms with Crippen molar-refractivity contribution in [3.8, 4) is 0 Å². The Morgan fingerprint density at radius 1 is 1.00 bits per heavy atom. The van der Waals surface area contributed by atoms with E-state index in [2.05, 4.69) is 10.3 Å². The van der Waals surface area contributed by atoms with E-state index in [1.54, 1.807) is 31.2 Å². The molecule has 0 spiro atoms. The molecule has 5 N–H and O–H groups in total. The van der Waals surface area contributed by atoms with Gasteiger partial charge in [-0.3, -0.25) is 4.79 Å². The number of aromatic carboxylic acids is 2. The summed E-state index contributed by atoms with van der Waals surface area (Å²) in [5.41, 5.74) is 7.56. The van der Waals surface area contributed by atoms with E-state index in [1.165, 1.54) is 12.1 Å². The number of anilines is 1. The van der Waals surface area contributed by atoms with Crippen LogP contribution in [0.3, 0.4) is 0 Å². The molecule has 0 aromatic heterocycles. The molecule has 0 bridgehead atoms. The monoisotopic (exact) mass is 397 g/mol. The van der Waals surface area contributed by atoms with E-state index in [0.29, 0.717) is 10.6 Å². The number of aliphatic imine (C=N–C) groups is 1. The number of amidine groups is 1. The Balaban J connectivity index is 1.96. The number of carboxylic acids is 2. The molecule has 0 unspecified atom stereocenters. The van der Waals surface area contributed by atoms with Crippen molar-refractivity contribution in [2.75, 3.05) is 5.73 Å². The van der Waals surface area contributed by atoms with Gasteiger partial charge in [-0.2, -0.15) is 0 Å². The third kappa shape index (κ3) is 4.04. The first kappa shape index (κ1) is 19.2. The number of benzene rings is 2. The van der Waals surface area contributed by atoms with Gasteiger partial charge in [0, 0.05) is 5.69 Å². The molecule has 1 saturated heterocycles. The summed E-state index contributed by atoms with van der Waals surface area (Å²) in [7, 11) is 0. The van der Waals surface area contributed by atoms with Crippen LogP contribution in [-0.2, 0) is 4.79 Å². The maximum atomic E-state index is 12.3. The third-order valence-corrected chi connectivity index (χ3v) is 5.03. The smallest absolute Gasteiger partial charge is 0.335 e. The average molecular weight is 397 g/mol. The molecular formula is C19H15N3O5S. The van der Waals surface area contributed by atoms with E-state index in [9.17, 15) is 14.4 Å². The molecule has 2 aromatic rings. The van der Waals surface area contributed by atoms with Gasteiger partial charge < -0.3 is 21.3 Å². The minimum atomic E-state index is -1.27. The first-order chi connectivity index (χ1) is 13.2. The van der Waals surface area contributed by atoms with Crippen molar-refractivity contribution in [2.24, 2.45) is 4.99 Å². The molecule has 0 atom stereocenters. The van der Waals surface area contributed by atoms with Crippen molar-refractivity contribution in [3.05, 3.63) is 64.1 Å². The van der Waals surface area contributed by atoms with Gasteiger partial charge >= 0.3 is 11.9 Å². The maximum Gasteiger partial charge on any atom is 0.335 e. The van der Waals surface area contributed by atoms with Gasteiger partial charge in [0.25, 0.3) is 5.91 Å². The zero-order chi connectivity index (χ0) is 20.4. The van der Waals surface area contributed by atoms with E-state index in [-0.39, 0.29) is 27.9 Å². The Morgan fingerprint density at radius 3 is 2.11 bits per heavy atom. The molecule has 1 aliphatic heterocycles. The van der Waals surface area contributed by atoms with Gasteiger partial charge in [-0.25, -0.2) is 14.6 Å². The van der Waals surface area contributed by atoms with Crippen molar-refractivity contribution < 1.29 is 24.6 Å². The van der Waals surface area contributed by atoms with Gasteiger partial charge in [0.15, 0.2) is 5.17 Å². The number of nitrogen functional groups attached to an aromatic ring is 1. The van der Waals surface area contributed by atoms with Crippen molar-refractivity contribution in [2.45, 2.75) is 6.92 Å². The lowest BCUT2D eigenvalue weighted by molar-refractivity contribution is -0.115. The zero-order valence-corrected chi connectivity index (χ0v) is 15.4. The molecule has 1 aliphatic rings. The Labute approximate surface area is 163 Å². The predicted octanol–water partition coefficient (Wildman–Crippen LogP) is 2.95. The Morgan fingerprint density at radius 2 is 1.57 bits per heavy atom. The van der Waals surface area contributed by atoms with Crippen LogP contribution in [0.2, 0.25) is 0 Å². The second-order valence-corrected chi connectivity index (χ2v) is 6.93. The van der Waals surface area contributed by atoms with Gasteiger partial charge in [0.1, 0.15) is 0 Å². The van der Waals surface area contributed by atoms with Crippen LogP contribution in [0.4, 0.5) is 11.4 Å². The highest BCUT2D eigenvalue weighted by molar-refractivity contribution is 8.18. The van der Waals surface area contributed by atoms with Gasteiger partial charge in [-0.05, 0) is 60.2 Å². The number of carbonyl (C=O) groups excluding carboxylic acids is 1. The van der Waals surface area contributed by atoms with E-state index < -0.39 is 11.9 Å². The fraction of sp³-hybridized carbons (Fsp3) is 0.0526. The van der Waals surface area contributed by atoms with E-state index in [0.717, 1.165) is 29.0 Å². The minimum Gasteiger partial charge on any atom is -0.478 e. The van der Waals surface area contributed by atoms with Crippen molar-refractivity contribution in [1.82, 2.24) is 5.32 Å². The Kier molecular flexibility index (Phi) is 5.18. The minimum absolute atomic E-state index is 0.117. The maximum absolute atomic E-state index is 12.3. The van der Waals surface area contributed by atoms with Gasteiger partial charge in [0.2, 0.25) is 0 Å². The first-order valence-electron chi connectivity index (χ1n) is 8.01. The predicted molar refractivity (Wildman–Crippen MR) is 107 cm³/mol. The topological polar surface area (TPSA) is 142 Å². The molecule has 142 valence electrons. The number of nitrogens with two attached hydrogens (primary N) is 1. The summed E-state index contributed by atoms with van der Waals surface area (Å²) >= 11 is 1.09. The van der Waals surface area contributed by atoms with Crippen molar-refractivity contribution in [1.29, 1.82) is 0 Å². The van der Waals surface area contributed by atoms with Gasteiger partial charge in [-0.15, -0.1) is 0 Å². The highest BCUT2D eigenvalue weighted by atomic mass is 32.2. The third-order valence-electron chi connectivity index (χ3n) is 3.95. The van der Waals surface area contributed by atoms with Crippen molar-refractivity contribution in [3.63, 3.8) is 0 Å². The number of hydrogen-bond donors (Lipinski definition) is 4. The second-order valence-electron chi connectivity index (χ2n) is 5.93. The quantitative estimate of drug-likeness (QED) is 0.459. The van der Waals surface area contributed by atoms with Crippen LogP contribution in [0.15, 0.2) is 52.4 Å². The summed E-state index contributed by atoms with van der Waals surface area (Å²) in [6.45, 7) is 1.80. The fourth-order valence-corrected chi connectivity index (χ4v) is 3.43.